The summed E-state index contributed by atoms with van der Waals surface area (Å²) in [5, 5.41) is 2.73. The van der Waals surface area contributed by atoms with Gasteiger partial charge in [-0.1, -0.05) is 0 Å². The van der Waals surface area contributed by atoms with E-state index in [-0.39, 0.29) is 23.7 Å². The van der Waals surface area contributed by atoms with Crippen LogP contribution in [-0.2, 0) is 14.3 Å². The molecule has 1 fully saturated rings. The number of amides is 2. The third-order valence-electron chi connectivity index (χ3n) is 3.94. The molecule has 1 atom stereocenters. The molecule has 6 nitrogen and oxygen atoms in total. The van der Waals surface area contributed by atoms with Crippen LogP contribution in [0.25, 0.3) is 0 Å². The minimum absolute atomic E-state index is 0.124. The number of ether oxygens (including phenoxy) is 1. The number of likely N-dealkylation sites (tertiary alicyclic amines) is 1. The molecule has 0 saturated carbocycles. The van der Waals surface area contributed by atoms with Gasteiger partial charge in [0, 0.05) is 13.1 Å². The van der Waals surface area contributed by atoms with E-state index in [0.717, 1.165) is 3.79 Å². The lowest BCUT2D eigenvalue weighted by Crippen LogP contribution is -2.49. The van der Waals surface area contributed by atoms with E-state index in [9.17, 15) is 14.4 Å². The maximum atomic E-state index is 12.5. The second kappa shape index (κ2) is 8.62. The number of carbonyl (C=O) groups is 3. The van der Waals surface area contributed by atoms with Crippen molar-refractivity contribution in [2.24, 2.45) is 5.92 Å². The first-order chi connectivity index (χ1) is 11.4. The van der Waals surface area contributed by atoms with Crippen molar-refractivity contribution in [2.75, 3.05) is 19.7 Å². The van der Waals surface area contributed by atoms with Gasteiger partial charge in [0.05, 0.1) is 21.2 Å². The molecule has 8 heteroatoms. The van der Waals surface area contributed by atoms with E-state index >= 15 is 0 Å². The molecule has 2 amide bonds. The summed E-state index contributed by atoms with van der Waals surface area (Å²) in [7, 11) is 0. The molecule has 1 aliphatic heterocycles. The van der Waals surface area contributed by atoms with Crippen LogP contribution in [-0.4, -0.2) is 48.4 Å². The Morgan fingerprint density at radius 3 is 2.58 bits per heavy atom. The topological polar surface area (TPSA) is 75.7 Å². The van der Waals surface area contributed by atoms with Crippen molar-refractivity contribution in [2.45, 2.75) is 32.7 Å². The second-order valence-corrected chi connectivity index (χ2v) is 8.11. The van der Waals surface area contributed by atoms with E-state index in [1.54, 1.807) is 30.9 Å². The Morgan fingerprint density at radius 1 is 1.38 bits per heavy atom. The smallest absolute Gasteiger partial charge is 0.309 e. The van der Waals surface area contributed by atoms with E-state index in [2.05, 4.69) is 21.2 Å². The van der Waals surface area contributed by atoms with Crippen molar-refractivity contribution >= 4 is 45.1 Å². The number of nitrogens with zero attached hydrogens (tertiary/aromatic N) is 1. The van der Waals surface area contributed by atoms with Gasteiger partial charge in [0.25, 0.3) is 5.91 Å². The molecule has 1 saturated heterocycles. The predicted octanol–water partition coefficient (Wildman–Crippen LogP) is 2.43. The molecule has 0 spiro atoms. The molecule has 1 aromatic rings. The van der Waals surface area contributed by atoms with Gasteiger partial charge in [-0.3, -0.25) is 14.4 Å². The first-order valence-electron chi connectivity index (χ1n) is 7.94. The monoisotopic (exact) mass is 416 g/mol. The fourth-order valence-electron chi connectivity index (χ4n) is 2.64. The molecular weight excluding hydrogens is 396 g/mol. The average Bonchev–Trinajstić information content (AvgIpc) is 3.01. The van der Waals surface area contributed by atoms with Gasteiger partial charge in [-0.15, -0.1) is 11.3 Å². The number of esters is 1. The molecular formula is C16H21BrN2O4S. The van der Waals surface area contributed by atoms with E-state index in [1.807, 2.05) is 0 Å². The van der Waals surface area contributed by atoms with E-state index in [0.29, 0.717) is 37.4 Å². The van der Waals surface area contributed by atoms with Gasteiger partial charge >= 0.3 is 5.97 Å². The van der Waals surface area contributed by atoms with Gasteiger partial charge in [0.15, 0.2) is 0 Å². The largest absolute Gasteiger partial charge is 0.466 e. The normalized spacial score (nSPS) is 16.5. The van der Waals surface area contributed by atoms with Gasteiger partial charge in [-0.05, 0) is 54.8 Å². The molecule has 1 aromatic heterocycles. The van der Waals surface area contributed by atoms with Crippen LogP contribution in [0.1, 0.15) is 36.4 Å². The summed E-state index contributed by atoms with van der Waals surface area (Å²) in [4.78, 5) is 38.6. The number of thiophene rings is 1. The van der Waals surface area contributed by atoms with Crippen molar-refractivity contribution in [3.8, 4) is 0 Å². The Bertz CT molecular complexity index is 611. The zero-order valence-corrected chi connectivity index (χ0v) is 16.1. The number of halogens is 1. The first-order valence-corrected chi connectivity index (χ1v) is 9.55. The van der Waals surface area contributed by atoms with Crippen molar-refractivity contribution in [3.05, 3.63) is 20.8 Å². The third kappa shape index (κ3) is 4.80. The number of rotatable bonds is 5. The fourth-order valence-corrected chi connectivity index (χ4v) is 3.92. The summed E-state index contributed by atoms with van der Waals surface area (Å²) in [6, 6.07) is 2.91. The van der Waals surface area contributed by atoms with Crippen LogP contribution in [0.4, 0.5) is 0 Å². The minimum Gasteiger partial charge on any atom is -0.466 e. The summed E-state index contributed by atoms with van der Waals surface area (Å²) in [5.74, 6) is -0.703. The Kier molecular flexibility index (Phi) is 6.79. The van der Waals surface area contributed by atoms with E-state index in [4.69, 9.17) is 4.74 Å². The summed E-state index contributed by atoms with van der Waals surface area (Å²) in [6.45, 7) is 4.85. The Morgan fingerprint density at radius 2 is 2.04 bits per heavy atom. The highest BCUT2D eigenvalue weighted by molar-refractivity contribution is 9.11. The fraction of sp³-hybridized carbons (Fsp3) is 0.562. The molecule has 0 aromatic carbocycles. The molecule has 2 heterocycles. The van der Waals surface area contributed by atoms with Gasteiger partial charge in [0.2, 0.25) is 5.91 Å². The van der Waals surface area contributed by atoms with Crippen molar-refractivity contribution < 1.29 is 19.1 Å². The molecule has 24 heavy (non-hydrogen) atoms. The number of piperidine rings is 1. The molecule has 1 N–H and O–H groups in total. The number of hydrogen-bond acceptors (Lipinski definition) is 5. The number of carbonyl (C=O) groups excluding carboxylic acids is 3. The van der Waals surface area contributed by atoms with Gasteiger partial charge in [0.1, 0.15) is 6.04 Å². The van der Waals surface area contributed by atoms with Crippen LogP contribution in [0.2, 0.25) is 0 Å². The van der Waals surface area contributed by atoms with Crippen molar-refractivity contribution in [1.82, 2.24) is 10.2 Å². The standard InChI is InChI=1S/C16H21BrN2O4S/c1-3-23-16(22)11-6-8-19(9-7-11)15(21)10(2)18-14(20)12-4-5-13(17)24-12/h4-5,10-11H,3,6-9H2,1-2H3,(H,18,20)/t10-/m0/s1. The number of hydrogen-bond donors (Lipinski definition) is 1. The maximum absolute atomic E-state index is 12.5. The Balaban J connectivity index is 1.83. The van der Waals surface area contributed by atoms with Crippen molar-refractivity contribution in [1.29, 1.82) is 0 Å². The quantitative estimate of drug-likeness (QED) is 0.747. The zero-order valence-electron chi connectivity index (χ0n) is 13.7. The van der Waals surface area contributed by atoms with Gasteiger partial charge in [-0.25, -0.2) is 0 Å². The lowest BCUT2D eigenvalue weighted by atomic mass is 9.96. The van der Waals surface area contributed by atoms with Crippen LogP contribution in [0.3, 0.4) is 0 Å². The highest BCUT2D eigenvalue weighted by Crippen LogP contribution is 2.22. The first kappa shape index (κ1) is 18.9. The number of nitrogens with one attached hydrogen (secondary N) is 1. The highest BCUT2D eigenvalue weighted by Gasteiger charge is 2.30. The maximum Gasteiger partial charge on any atom is 0.309 e. The molecule has 2 rings (SSSR count). The van der Waals surface area contributed by atoms with Crippen LogP contribution >= 0.6 is 27.3 Å². The van der Waals surface area contributed by atoms with E-state index in [1.165, 1.54) is 11.3 Å². The minimum atomic E-state index is -0.600. The summed E-state index contributed by atoms with van der Waals surface area (Å²) in [6.07, 6.45) is 1.20. The molecule has 0 bridgehead atoms. The van der Waals surface area contributed by atoms with Crippen LogP contribution < -0.4 is 5.32 Å². The summed E-state index contributed by atoms with van der Waals surface area (Å²) in [5.41, 5.74) is 0. The molecule has 0 unspecified atom stereocenters. The lowest BCUT2D eigenvalue weighted by Gasteiger charge is -2.32. The van der Waals surface area contributed by atoms with Crippen LogP contribution in [0.15, 0.2) is 15.9 Å². The van der Waals surface area contributed by atoms with Gasteiger partial charge in [-0.2, -0.15) is 0 Å². The van der Waals surface area contributed by atoms with E-state index < -0.39 is 6.04 Å². The Labute approximate surface area is 153 Å². The molecule has 132 valence electrons. The highest BCUT2D eigenvalue weighted by atomic mass is 79.9. The lowest BCUT2D eigenvalue weighted by molar-refractivity contribution is -0.151. The summed E-state index contributed by atoms with van der Waals surface area (Å²) >= 11 is 4.63. The second-order valence-electron chi connectivity index (χ2n) is 5.65. The van der Waals surface area contributed by atoms with Gasteiger partial charge < -0.3 is 15.0 Å². The summed E-state index contributed by atoms with van der Waals surface area (Å²) < 4.78 is 5.89. The SMILES string of the molecule is CCOC(=O)C1CCN(C(=O)[C@H](C)NC(=O)c2ccc(Br)s2)CC1. The van der Waals surface area contributed by atoms with Crippen LogP contribution in [0.5, 0.6) is 0 Å². The average molecular weight is 417 g/mol. The third-order valence-corrected chi connectivity index (χ3v) is 5.56. The molecule has 0 radical (unpaired) electrons. The van der Waals surface area contributed by atoms with Crippen LogP contribution in [0, 0.1) is 5.92 Å². The Hall–Kier alpha value is -1.41. The zero-order chi connectivity index (χ0) is 17.7. The molecule has 0 aliphatic carbocycles. The molecule has 1 aliphatic rings. The van der Waals surface area contributed by atoms with Crippen molar-refractivity contribution in [3.63, 3.8) is 0 Å². The predicted molar refractivity (Wildman–Crippen MR) is 94.9 cm³/mol.